The van der Waals surface area contributed by atoms with Crippen molar-refractivity contribution in [2.45, 2.75) is 35.7 Å². The zero-order chi connectivity index (χ0) is 24.4. The molecule has 5 rings (SSSR count). The van der Waals surface area contributed by atoms with E-state index in [1.807, 2.05) is 18.3 Å². The van der Waals surface area contributed by atoms with Crippen molar-refractivity contribution in [3.05, 3.63) is 78.6 Å². The quantitative estimate of drug-likeness (QED) is 0.567. The Bertz CT molecular complexity index is 1250. The van der Waals surface area contributed by atoms with Crippen molar-refractivity contribution in [2.24, 2.45) is 0 Å². The number of hydrogen-bond acceptors (Lipinski definition) is 6. The van der Waals surface area contributed by atoms with Crippen molar-refractivity contribution in [3.63, 3.8) is 0 Å². The van der Waals surface area contributed by atoms with Crippen molar-refractivity contribution in [3.8, 4) is 16.9 Å². The summed E-state index contributed by atoms with van der Waals surface area (Å²) in [5, 5.41) is 10.2. The monoisotopic (exact) mass is 493 g/mol. The Morgan fingerprint density at radius 1 is 1.03 bits per heavy atom. The summed E-state index contributed by atoms with van der Waals surface area (Å²) in [5.74, 6) is 0.583. The highest BCUT2D eigenvalue weighted by molar-refractivity contribution is 7.89. The number of aliphatic hydroxyl groups is 1. The molecule has 0 spiro atoms. The minimum atomic E-state index is -3.67. The van der Waals surface area contributed by atoms with Crippen LogP contribution in [0.25, 0.3) is 11.1 Å². The number of hydrogen-bond donors (Lipinski definition) is 1. The minimum absolute atomic E-state index is 0.0104. The summed E-state index contributed by atoms with van der Waals surface area (Å²) < 4.78 is 34.0. The van der Waals surface area contributed by atoms with Crippen LogP contribution in [-0.4, -0.2) is 73.1 Å². The number of aromatic nitrogens is 1. The van der Waals surface area contributed by atoms with Crippen molar-refractivity contribution in [2.75, 3.05) is 33.4 Å². The molecule has 2 aromatic carbocycles. The van der Waals surface area contributed by atoms with E-state index in [1.54, 1.807) is 34.8 Å². The lowest BCUT2D eigenvalue weighted by Gasteiger charge is -2.57. The number of fused-ring (bicyclic) bond motifs is 1. The maximum atomic E-state index is 13.6. The maximum Gasteiger partial charge on any atom is 0.243 e. The molecule has 8 heteroatoms. The Morgan fingerprint density at radius 3 is 2.54 bits per heavy atom. The van der Waals surface area contributed by atoms with Crippen LogP contribution in [0.5, 0.6) is 5.75 Å². The van der Waals surface area contributed by atoms with Gasteiger partial charge in [-0.2, -0.15) is 4.31 Å². The number of sulfonamides is 1. The van der Waals surface area contributed by atoms with Crippen molar-refractivity contribution in [1.82, 2.24) is 14.2 Å². The largest absolute Gasteiger partial charge is 0.497 e. The van der Waals surface area contributed by atoms with Gasteiger partial charge in [0.25, 0.3) is 0 Å². The first-order valence-electron chi connectivity index (χ1n) is 12.0. The van der Waals surface area contributed by atoms with Crippen LogP contribution in [0.1, 0.15) is 24.3 Å². The number of methoxy groups -OCH3 is 1. The van der Waals surface area contributed by atoms with Crippen molar-refractivity contribution < 1.29 is 18.3 Å². The number of aliphatic hydroxyl groups excluding tert-OH is 1. The Kier molecular flexibility index (Phi) is 6.88. The van der Waals surface area contributed by atoms with Gasteiger partial charge in [0.05, 0.1) is 18.6 Å². The Hall–Kier alpha value is -2.78. The number of ether oxygens (including phenoxy) is 1. The van der Waals surface area contributed by atoms with E-state index in [1.165, 1.54) is 7.11 Å². The molecule has 2 fully saturated rings. The third kappa shape index (κ3) is 4.59. The van der Waals surface area contributed by atoms with Crippen LogP contribution in [0.15, 0.2) is 78.0 Å². The number of nitrogens with zero attached hydrogens (tertiary/aromatic N) is 3. The summed E-state index contributed by atoms with van der Waals surface area (Å²) in [4.78, 5) is 6.74. The molecule has 7 nitrogen and oxygen atoms in total. The molecule has 184 valence electrons. The van der Waals surface area contributed by atoms with Crippen LogP contribution in [0.3, 0.4) is 0 Å². The highest BCUT2D eigenvalue weighted by atomic mass is 32.2. The van der Waals surface area contributed by atoms with E-state index in [0.29, 0.717) is 18.8 Å². The van der Waals surface area contributed by atoms with Gasteiger partial charge < -0.3 is 9.84 Å². The van der Waals surface area contributed by atoms with Gasteiger partial charge in [0.1, 0.15) is 5.75 Å². The molecule has 0 aliphatic carbocycles. The predicted octanol–water partition coefficient (Wildman–Crippen LogP) is 3.37. The molecule has 1 aromatic heterocycles. The molecular formula is C27H31N3O4S. The fourth-order valence-corrected chi connectivity index (χ4v) is 7.00. The summed E-state index contributed by atoms with van der Waals surface area (Å²) in [6.07, 6.45) is 5.28. The van der Waals surface area contributed by atoms with Gasteiger partial charge >= 0.3 is 0 Å². The first-order valence-corrected chi connectivity index (χ1v) is 13.5. The highest BCUT2D eigenvalue weighted by Gasteiger charge is 2.50. The molecule has 2 aliphatic rings. The van der Waals surface area contributed by atoms with Gasteiger partial charge in [-0.15, -0.1) is 0 Å². The van der Waals surface area contributed by atoms with E-state index in [4.69, 9.17) is 4.74 Å². The van der Waals surface area contributed by atoms with Gasteiger partial charge in [0.15, 0.2) is 0 Å². The Balaban J connectivity index is 1.42. The normalized spacial score (nSPS) is 23.5. The minimum Gasteiger partial charge on any atom is -0.497 e. The van der Waals surface area contributed by atoms with Crippen LogP contribution in [0.4, 0.5) is 0 Å². The summed E-state index contributed by atoms with van der Waals surface area (Å²) in [6.45, 7) is 1.80. The molecule has 0 amide bonds. The molecule has 2 aliphatic heterocycles. The molecule has 0 radical (unpaired) electrons. The Labute approximate surface area is 207 Å². The second kappa shape index (κ2) is 10.1. The topological polar surface area (TPSA) is 83.0 Å². The van der Waals surface area contributed by atoms with Crippen molar-refractivity contribution >= 4 is 10.0 Å². The molecular weight excluding hydrogens is 462 g/mol. The van der Waals surface area contributed by atoms with E-state index in [0.717, 1.165) is 36.1 Å². The average molecular weight is 494 g/mol. The molecule has 3 heterocycles. The number of benzene rings is 2. The molecule has 0 unspecified atom stereocenters. The lowest BCUT2D eigenvalue weighted by molar-refractivity contribution is -0.0553. The first kappa shape index (κ1) is 23.9. The van der Waals surface area contributed by atoms with Crippen LogP contribution >= 0.6 is 0 Å². The number of rotatable bonds is 6. The number of pyridine rings is 1. The van der Waals surface area contributed by atoms with Gasteiger partial charge in [0, 0.05) is 49.6 Å². The van der Waals surface area contributed by atoms with Gasteiger partial charge in [-0.3, -0.25) is 9.88 Å². The predicted molar refractivity (Wildman–Crippen MR) is 135 cm³/mol. The highest BCUT2D eigenvalue weighted by Crippen LogP contribution is 2.43. The summed E-state index contributed by atoms with van der Waals surface area (Å²) in [5.41, 5.74) is 3.25. The maximum absolute atomic E-state index is 13.6. The van der Waals surface area contributed by atoms with E-state index >= 15 is 0 Å². The lowest BCUT2D eigenvalue weighted by atomic mass is 9.74. The third-order valence-electron chi connectivity index (χ3n) is 7.30. The fourth-order valence-electron chi connectivity index (χ4n) is 5.47. The average Bonchev–Trinajstić information content (AvgIpc) is 2.88. The Morgan fingerprint density at radius 2 is 1.83 bits per heavy atom. The molecule has 2 saturated heterocycles. The van der Waals surface area contributed by atoms with E-state index in [2.05, 4.69) is 34.1 Å². The van der Waals surface area contributed by atoms with Gasteiger partial charge in [-0.05, 0) is 54.3 Å². The summed E-state index contributed by atoms with van der Waals surface area (Å²) in [6, 6.07) is 19.0. The molecule has 0 bridgehead atoms. The first-order chi connectivity index (χ1) is 17.0. The fraction of sp³-hybridized carbons (Fsp3) is 0.370. The lowest BCUT2D eigenvalue weighted by Crippen LogP contribution is -2.67. The molecule has 3 aromatic rings. The van der Waals surface area contributed by atoms with Crippen LogP contribution in [0, 0.1) is 0 Å². The van der Waals surface area contributed by atoms with Gasteiger partial charge in [-0.1, -0.05) is 36.4 Å². The standard InChI is InChI=1S/C27H31N3O4S/c1-34-23-7-4-8-24(16-23)35(32,33)29-14-2-3-15-30-25(18-29)27(26(30)19-31)21-11-9-20(10-12-21)22-6-5-13-28-17-22/h4-13,16-17,25-27,31H,2-3,14-15,18-19H2,1H3/t25-,26-,27-/m1/s1. The van der Waals surface area contributed by atoms with E-state index in [-0.39, 0.29) is 29.5 Å². The zero-order valence-electron chi connectivity index (χ0n) is 19.8. The summed E-state index contributed by atoms with van der Waals surface area (Å²) in [7, 11) is -2.14. The molecule has 3 atom stereocenters. The van der Waals surface area contributed by atoms with E-state index in [9.17, 15) is 13.5 Å². The van der Waals surface area contributed by atoms with Crippen LogP contribution in [-0.2, 0) is 10.0 Å². The van der Waals surface area contributed by atoms with E-state index < -0.39 is 10.0 Å². The smallest absolute Gasteiger partial charge is 0.243 e. The second-order valence-corrected chi connectivity index (χ2v) is 11.1. The SMILES string of the molecule is COc1cccc(S(=O)(=O)N2CCCCN3[C@H](CO)[C@H](c4ccc(-c5cccnc5)cc4)[C@H]3C2)c1. The van der Waals surface area contributed by atoms with Gasteiger partial charge in [-0.25, -0.2) is 8.42 Å². The molecule has 0 saturated carbocycles. The summed E-state index contributed by atoms with van der Waals surface area (Å²) >= 11 is 0. The van der Waals surface area contributed by atoms with Crippen molar-refractivity contribution in [1.29, 1.82) is 0 Å². The van der Waals surface area contributed by atoms with Crippen LogP contribution < -0.4 is 4.74 Å². The van der Waals surface area contributed by atoms with Gasteiger partial charge in [0.2, 0.25) is 10.0 Å². The third-order valence-corrected chi connectivity index (χ3v) is 9.16. The second-order valence-electron chi connectivity index (χ2n) is 9.19. The van der Waals surface area contributed by atoms with Crippen LogP contribution in [0.2, 0.25) is 0 Å². The zero-order valence-corrected chi connectivity index (χ0v) is 20.6. The molecule has 1 N–H and O–H groups in total. The molecule has 35 heavy (non-hydrogen) atoms.